The highest BCUT2D eigenvalue weighted by Gasteiger charge is 2.23. The van der Waals surface area contributed by atoms with Gasteiger partial charge in [-0.05, 0) is 30.5 Å². The van der Waals surface area contributed by atoms with Crippen LogP contribution >= 0.6 is 11.6 Å². The molecule has 5 nitrogen and oxygen atoms in total. The van der Waals surface area contributed by atoms with Crippen LogP contribution in [0.3, 0.4) is 0 Å². The van der Waals surface area contributed by atoms with Crippen LogP contribution in [0.1, 0.15) is 18.4 Å². The normalized spacial score (nSPS) is 18.4. The largest absolute Gasteiger partial charge is 0.486 e. The number of alkyl halides is 2. The van der Waals surface area contributed by atoms with Crippen LogP contribution in [0, 0.1) is 0 Å². The number of fused-ring (bicyclic) bond motifs is 1. The number of halogens is 3. The summed E-state index contributed by atoms with van der Waals surface area (Å²) in [6.45, 7) is 1.86. The number of likely N-dealkylation sites (tertiary alicyclic amines) is 1. The topological polar surface area (TPSA) is 50.8 Å². The van der Waals surface area contributed by atoms with E-state index in [0.717, 1.165) is 5.56 Å². The Kier molecular flexibility index (Phi) is 5.96. The van der Waals surface area contributed by atoms with Crippen molar-refractivity contribution in [2.24, 2.45) is 0 Å². The summed E-state index contributed by atoms with van der Waals surface area (Å²) in [4.78, 5) is 14.0. The Morgan fingerprint density at radius 1 is 1.28 bits per heavy atom. The SMILES string of the molecule is O=C(Cc1cc(Cl)c2c(c1)OCCO2)NC1CCN(CC(F)F)CC1. The van der Waals surface area contributed by atoms with Crippen LogP contribution in [-0.4, -0.2) is 56.1 Å². The van der Waals surface area contributed by atoms with Crippen LogP contribution < -0.4 is 14.8 Å². The number of nitrogens with zero attached hydrogens (tertiary/aromatic N) is 1. The Bertz CT molecular complexity index is 622. The van der Waals surface area contributed by atoms with Crippen molar-refractivity contribution in [1.82, 2.24) is 10.2 Å². The van der Waals surface area contributed by atoms with Gasteiger partial charge in [0.2, 0.25) is 5.91 Å². The maximum absolute atomic E-state index is 12.4. The lowest BCUT2D eigenvalue weighted by Gasteiger charge is -2.32. The standard InChI is InChI=1S/C17H21ClF2N2O3/c18-13-7-11(8-14-17(13)25-6-5-24-14)9-16(23)21-12-1-3-22(4-2-12)10-15(19)20/h7-8,12,15H,1-6,9-10H2,(H,21,23). The Labute approximate surface area is 150 Å². The van der Waals surface area contributed by atoms with Crippen LogP contribution in [0.25, 0.3) is 0 Å². The third kappa shape index (κ3) is 4.95. The zero-order valence-electron chi connectivity index (χ0n) is 13.8. The molecule has 0 unspecified atom stereocenters. The van der Waals surface area contributed by atoms with Crippen molar-refractivity contribution in [3.63, 3.8) is 0 Å². The number of carbonyl (C=O) groups is 1. The highest BCUT2D eigenvalue weighted by Crippen LogP contribution is 2.38. The van der Waals surface area contributed by atoms with E-state index in [9.17, 15) is 13.6 Å². The predicted molar refractivity (Wildman–Crippen MR) is 89.8 cm³/mol. The zero-order valence-corrected chi connectivity index (χ0v) is 14.5. The van der Waals surface area contributed by atoms with Crippen molar-refractivity contribution >= 4 is 17.5 Å². The highest BCUT2D eigenvalue weighted by atomic mass is 35.5. The molecule has 3 rings (SSSR count). The average Bonchev–Trinajstić information content (AvgIpc) is 2.56. The van der Waals surface area contributed by atoms with E-state index < -0.39 is 6.43 Å². The Balaban J connectivity index is 1.51. The predicted octanol–water partition coefficient (Wildman–Crippen LogP) is 2.50. The molecule has 0 spiro atoms. The van der Waals surface area contributed by atoms with E-state index in [4.69, 9.17) is 21.1 Å². The number of hydrogen-bond acceptors (Lipinski definition) is 4. The first-order valence-electron chi connectivity index (χ1n) is 8.39. The van der Waals surface area contributed by atoms with E-state index in [1.165, 1.54) is 0 Å². The fourth-order valence-electron chi connectivity index (χ4n) is 3.19. The van der Waals surface area contributed by atoms with Crippen LogP contribution in [-0.2, 0) is 11.2 Å². The lowest BCUT2D eigenvalue weighted by molar-refractivity contribution is -0.121. The molecular formula is C17H21ClF2N2O3. The lowest BCUT2D eigenvalue weighted by Crippen LogP contribution is -2.46. The first-order chi connectivity index (χ1) is 12.0. The summed E-state index contributed by atoms with van der Waals surface area (Å²) in [6.07, 6.45) is -0.764. The molecule has 138 valence electrons. The van der Waals surface area contributed by atoms with E-state index in [1.807, 2.05) is 0 Å². The average molecular weight is 375 g/mol. The molecule has 0 aromatic heterocycles. The van der Waals surface area contributed by atoms with Crippen molar-refractivity contribution in [3.8, 4) is 11.5 Å². The Morgan fingerprint density at radius 3 is 2.72 bits per heavy atom. The molecule has 2 aliphatic heterocycles. The number of amides is 1. The maximum Gasteiger partial charge on any atom is 0.251 e. The summed E-state index contributed by atoms with van der Waals surface area (Å²) in [5.41, 5.74) is 0.752. The minimum atomic E-state index is -2.31. The summed E-state index contributed by atoms with van der Waals surface area (Å²) < 4.78 is 35.7. The van der Waals surface area contributed by atoms with Crippen molar-refractivity contribution in [2.45, 2.75) is 31.7 Å². The quantitative estimate of drug-likeness (QED) is 0.860. The summed E-state index contributed by atoms with van der Waals surface area (Å²) >= 11 is 6.18. The van der Waals surface area contributed by atoms with Gasteiger partial charge in [0, 0.05) is 19.1 Å². The molecule has 1 aromatic carbocycles. The molecule has 1 N–H and O–H groups in total. The summed E-state index contributed by atoms with van der Waals surface area (Å²) in [6, 6.07) is 3.50. The number of piperidine rings is 1. The van der Waals surface area contributed by atoms with E-state index in [-0.39, 0.29) is 24.9 Å². The lowest BCUT2D eigenvalue weighted by atomic mass is 10.0. The molecule has 8 heteroatoms. The van der Waals surface area contributed by atoms with Gasteiger partial charge < -0.3 is 14.8 Å². The number of rotatable bonds is 5. The van der Waals surface area contributed by atoms with Gasteiger partial charge >= 0.3 is 0 Å². The number of nitrogens with one attached hydrogen (secondary N) is 1. The first kappa shape index (κ1) is 18.2. The van der Waals surface area contributed by atoms with Crippen LogP contribution in [0.2, 0.25) is 5.02 Å². The second kappa shape index (κ2) is 8.19. The van der Waals surface area contributed by atoms with E-state index >= 15 is 0 Å². The van der Waals surface area contributed by atoms with Gasteiger partial charge in [-0.2, -0.15) is 0 Å². The minimum Gasteiger partial charge on any atom is -0.486 e. The van der Waals surface area contributed by atoms with Crippen molar-refractivity contribution in [1.29, 1.82) is 0 Å². The number of benzene rings is 1. The van der Waals surface area contributed by atoms with Gasteiger partial charge in [-0.1, -0.05) is 11.6 Å². The molecule has 0 saturated carbocycles. The second-order valence-corrected chi connectivity index (χ2v) is 6.72. The fraction of sp³-hybridized carbons (Fsp3) is 0.588. The number of hydrogen-bond donors (Lipinski definition) is 1. The third-order valence-corrected chi connectivity index (χ3v) is 4.65. The van der Waals surface area contributed by atoms with Gasteiger partial charge in [-0.15, -0.1) is 0 Å². The summed E-state index contributed by atoms with van der Waals surface area (Å²) in [7, 11) is 0. The Morgan fingerprint density at radius 2 is 2.00 bits per heavy atom. The minimum absolute atomic E-state index is 0.0223. The molecule has 1 saturated heterocycles. The van der Waals surface area contributed by atoms with Crippen LogP contribution in [0.5, 0.6) is 11.5 Å². The summed E-state index contributed by atoms with van der Waals surface area (Å²) in [5, 5.41) is 3.40. The third-order valence-electron chi connectivity index (χ3n) is 4.37. The monoisotopic (exact) mass is 374 g/mol. The van der Waals surface area contributed by atoms with E-state index in [1.54, 1.807) is 17.0 Å². The van der Waals surface area contributed by atoms with Gasteiger partial charge in [0.25, 0.3) is 6.43 Å². The van der Waals surface area contributed by atoms with Crippen molar-refractivity contribution in [2.75, 3.05) is 32.8 Å². The fourth-order valence-corrected chi connectivity index (χ4v) is 3.47. The first-order valence-corrected chi connectivity index (χ1v) is 8.77. The van der Waals surface area contributed by atoms with Gasteiger partial charge in [0.1, 0.15) is 13.2 Å². The van der Waals surface area contributed by atoms with E-state index in [2.05, 4.69) is 5.32 Å². The molecule has 2 heterocycles. The molecule has 0 aliphatic carbocycles. The molecule has 1 amide bonds. The van der Waals surface area contributed by atoms with Gasteiger partial charge in [0.05, 0.1) is 18.0 Å². The molecule has 2 aliphatic rings. The Hall–Kier alpha value is -1.60. The molecule has 0 radical (unpaired) electrons. The molecule has 0 atom stereocenters. The highest BCUT2D eigenvalue weighted by molar-refractivity contribution is 6.32. The molecule has 0 bridgehead atoms. The number of ether oxygens (including phenoxy) is 2. The second-order valence-electron chi connectivity index (χ2n) is 6.31. The van der Waals surface area contributed by atoms with Crippen molar-refractivity contribution < 1.29 is 23.0 Å². The summed E-state index contributed by atoms with van der Waals surface area (Å²) in [5.74, 6) is 0.963. The van der Waals surface area contributed by atoms with Gasteiger partial charge in [-0.25, -0.2) is 8.78 Å². The van der Waals surface area contributed by atoms with Gasteiger partial charge in [0.15, 0.2) is 11.5 Å². The van der Waals surface area contributed by atoms with E-state index in [0.29, 0.717) is 55.7 Å². The maximum atomic E-state index is 12.4. The van der Waals surface area contributed by atoms with Crippen molar-refractivity contribution in [3.05, 3.63) is 22.7 Å². The smallest absolute Gasteiger partial charge is 0.251 e. The molecule has 1 aromatic rings. The molecular weight excluding hydrogens is 354 g/mol. The van der Waals surface area contributed by atoms with Gasteiger partial charge in [-0.3, -0.25) is 9.69 Å². The zero-order chi connectivity index (χ0) is 17.8. The molecule has 1 fully saturated rings. The molecule has 25 heavy (non-hydrogen) atoms. The number of carbonyl (C=O) groups excluding carboxylic acids is 1. The van der Waals surface area contributed by atoms with Crippen LogP contribution in [0.4, 0.5) is 8.78 Å². The van der Waals surface area contributed by atoms with Crippen LogP contribution in [0.15, 0.2) is 12.1 Å².